The van der Waals surface area contributed by atoms with E-state index in [0.29, 0.717) is 26.4 Å². The highest BCUT2D eigenvalue weighted by Crippen LogP contribution is 2.22. The van der Waals surface area contributed by atoms with Gasteiger partial charge in [0.15, 0.2) is 0 Å². The third kappa shape index (κ3) is 8.57. The molecule has 4 nitrogen and oxygen atoms in total. The molecule has 120 valence electrons. The monoisotopic (exact) mass is 351 g/mol. The van der Waals surface area contributed by atoms with Crippen LogP contribution in [0.4, 0.5) is 0 Å². The van der Waals surface area contributed by atoms with Crippen molar-refractivity contribution in [3.8, 4) is 0 Å². The zero-order valence-corrected chi connectivity index (χ0v) is 14.4. The maximum absolute atomic E-state index is 5.66. The molecule has 0 saturated heterocycles. The fourth-order valence-corrected chi connectivity index (χ4v) is 3.13. The van der Waals surface area contributed by atoms with Crippen LogP contribution in [0, 0.1) is 0 Å². The number of rotatable bonds is 12. The second-order valence-corrected chi connectivity index (χ2v) is 6.03. The van der Waals surface area contributed by atoms with Crippen LogP contribution < -0.4 is 0 Å². The molecule has 0 amide bonds. The predicted molar refractivity (Wildman–Crippen MR) is 85.8 cm³/mol. The van der Waals surface area contributed by atoms with E-state index in [2.05, 4.69) is 20.8 Å². The molecule has 1 aliphatic carbocycles. The van der Waals surface area contributed by atoms with Gasteiger partial charge in [0, 0.05) is 31.6 Å². The minimum Gasteiger partial charge on any atom is -0.382 e. The Morgan fingerprint density at radius 1 is 0.900 bits per heavy atom. The van der Waals surface area contributed by atoms with Crippen LogP contribution >= 0.6 is 15.9 Å². The summed E-state index contributed by atoms with van der Waals surface area (Å²) in [6.45, 7) is 5.60. The normalized spacial score (nSPS) is 16.9. The van der Waals surface area contributed by atoms with E-state index in [4.69, 9.17) is 14.2 Å². The third-order valence-electron chi connectivity index (χ3n) is 3.79. The number of methoxy groups -OCH3 is 1. The van der Waals surface area contributed by atoms with Gasteiger partial charge in [-0.15, -0.1) is 0 Å². The molecule has 0 atom stereocenters. The number of hydrogen-bond donors (Lipinski definition) is 0. The van der Waals surface area contributed by atoms with Crippen LogP contribution in [0.2, 0.25) is 0 Å². The van der Waals surface area contributed by atoms with E-state index in [9.17, 15) is 0 Å². The van der Waals surface area contributed by atoms with Crippen LogP contribution in [0.3, 0.4) is 0 Å². The lowest BCUT2D eigenvalue weighted by molar-refractivity contribution is 0.0155. The first-order chi connectivity index (χ1) is 9.88. The average molecular weight is 352 g/mol. The third-order valence-corrected chi connectivity index (χ3v) is 4.14. The van der Waals surface area contributed by atoms with Gasteiger partial charge < -0.3 is 14.2 Å². The van der Waals surface area contributed by atoms with Gasteiger partial charge in [-0.3, -0.25) is 4.90 Å². The first kappa shape index (κ1) is 18.4. The lowest BCUT2D eigenvalue weighted by Crippen LogP contribution is -2.40. The Morgan fingerprint density at radius 3 is 2.20 bits per heavy atom. The maximum atomic E-state index is 5.66. The summed E-state index contributed by atoms with van der Waals surface area (Å²) in [7, 11) is 1.68. The minimum absolute atomic E-state index is 0.650. The van der Waals surface area contributed by atoms with E-state index in [1.807, 2.05) is 0 Å². The highest BCUT2D eigenvalue weighted by atomic mass is 79.9. The van der Waals surface area contributed by atoms with Crippen molar-refractivity contribution in [2.45, 2.75) is 38.1 Å². The summed E-state index contributed by atoms with van der Waals surface area (Å²) in [6, 6.07) is 0.767. The molecule has 1 aliphatic rings. The molecular weight excluding hydrogens is 322 g/mol. The minimum atomic E-state index is 0.650. The SMILES string of the molecule is COCCOCCOCCN(CCBr)C1CCCCC1. The van der Waals surface area contributed by atoms with Gasteiger partial charge in [0.2, 0.25) is 0 Å². The molecule has 0 spiro atoms. The highest BCUT2D eigenvalue weighted by Gasteiger charge is 2.20. The van der Waals surface area contributed by atoms with Crippen molar-refractivity contribution in [3.05, 3.63) is 0 Å². The number of hydrogen-bond acceptors (Lipinski definition) is 4. The Hall–Kier alpha value is 0.320. The molecule has 5 heteroatoms. The molecule has 0 heterocycles. The van der Waals surface area contributed by atoms with Crippen LogP contribution in [-0.4, -0.2) is 69.5 Å². The van der Waals surface area contributed by atoms with E-state index in [1.165, 1.54) is 32.1 Å². The van der Waals surface area contributed by atoms with Gasteiger partial charge in [0.25, 0.3) is 0 Å². The van der Waals surface area contributed by atoms with Gasteiger partial charge in [-0.05, 0) is 12.8 Å². The molecule has 0 aromatic rings. The standard InChI is InChI=1S/C15H30BrNO3/c1-18-11-12-20-14-13-19-10-9-17(8-7-16)15-5-3-2-4-6-15/h15H,2-14H2,1H3. The molecule has 0 unspecified atom stereocenters. The van der Waals surface area contributed by atoms with E-state index >= 15 is 0 Å². The Labute approximate surface area is 132 Å². The molecule has 20 heavy (non-hydrogen) atoms. The summed E-state index contributed by atoms with van der Waals surface area (Å²) in [5.41, 5.74) is 0. The number of halogens is 1. The fourth-order valence-electron chi connectivity index (χ4n) is 2.68. The Bertz CT molecular complexity index is 213. The van der Waals surface area contributed by atoms with Crippen LogP contribution in [0.15, 0.2) is 0 Å². The quantitative estimate of drug-likeness (QED) is 0.399. The van der Waals surface area contributed by atoms with Gasteiger partial charge in [-0.2, -0.15) is 0 Å². The number of ether oxygens (including phenoxy) is 3. The topological polar surface area (TPSA) is 30.9 Å². The number of nitrogens with zero attached hydrogens (tertiary/aromatic N) is 1. The molecule has 0 aliphatic heterocycles. The Morgan fingerprint density at radius 2 is 1.55 bits per heavy atom. The van der Waals surface area contributed by atoms with E-state index in [0.717, 1.165) is 31.1 Å². The van der Waals surface area contributed by atoms with Gasteiger partial charge in [-0.1, -0.05) is 35.2 Å². The van der Waals surface area contributed by atoms with Crippen molar-refractivity contribution in [3.63, 3.8) is 0 Å². The largest absolute Gasteiger partial charge is 0.382 e. The molecule has 1 fully saturated rings. The van der Waals surface area contributed by atoms with Crippen LogP contribution in [-0.2, 0) is 14.2 Å². The lowest BCUT2D eigenvalue weighted by atomic mass is 9.94. The highest BCUT2D eigenvalue weighted by molar-refractivity contribution is 9.09. The van der Waals surface area contributed by atoms with E-state index in [1.54, 1.807) is 7.11 Å². The van der Waals surface area contributed by atoms with Crippen molar-refractivity contribution in [1.29, 1.82) is 0 Å². The zero-order chi connectivity index (χ0) is 14.5. The molecule has 0 radical (unpaired) electrons. The predicted octanol–water partition coefficient (Wildman–Crippen LogP) is 2.70. The van der Waals surface area contributed by atoms with Crippen LogP contribution in [0.1, 0.15) is 32.1 Å². The molecule has 0 N–H and O–H groups in total. The second kappa shape index (κ2) is 13.0. The van der Waals surface area contributed by atoms with Crippen LogP contribution in [0.5, 0.6) is 0 Å². The summed E-state index contributed by atoms with van der Waals surface area (Å²) < 4.78 is 16.0. The molecular formula is C15H30BrNO3. The van der Waals surface area contributed by atoms with Gasteiger partial charge in [-0.25, -0.2) is 0 Å². The molecule has 0 aromatic heterocycles. The summed E-state index contributed by atoms with van der Waals surface area (Å²) >= 11 is 3.56. The fraction of sp³-hybridized carbons (Fsp3) is 1.00. The van der Waals surface area contributed by atoms with Crippen molar-refractivity contribution >= 4 is 15.9 Å². The molecule has 0 aromatic carbocycles. The summed E-state index contributed by atoms with van der Waals surface area (Å²) in [4.78, 5) is 2.58. The van der Waals surface area contributed by atoms with Crippen molar-refractivity contribution in [2.24, 2.45) is 0 Å². The smallest absolute Gasteiger partial charge is 0.0701 e. The second-order valence-electron chi connectivity index (χ2n) is 5.23. The maximum Gasteiger partial charge on any atom is 0.0701 e. The number of alkyl halides is 1. The van der Waals surface area contributed by atoms with Gasteiger partial charge >= 0.3 is 0 Å². The summed E-state index contributed by atoms with van der Waals surface area (Å²) in [5.74, 6) is 0. The average Bonchev–Trinajstić information content (AvgIpc) is 2.50. The first-order valence-electron chi connectivity index (χ1n) is 7.83. The summed E-state index contributed by atoms with van der Waals surface area (Å²) in [5, 5.41) is 1.05. The van der Waals surface area contributed by atoms with Crippen molar-refractivity contribution < 1.29 is 14.2 Å². The Balaban J connectivity index is 2.03. The van der Waals surface area contributed by atoms with E-state index < -0.39 is 0 Å². The van der Waals surface area contributed by atoms with Gasteiger partial charge in [0.1, 0.15) is 0 Å². The Kier molecular flexibility index (Phi) is 12.0. The lowest BCUT2D eigenvalue weighted by Gasteiger charge is -2.33. The van der Waals surface area contributed by atoms with Crippen molar-refractivity contribution in [2.75, 3.05) is 58.6 Å². The molecule has 0 bridgehead atoms. The first-order valence-corrected chi connectivity index (χ1v) is 8.95. The molecule has 1 saturated carbocycles. The molecule has 1 rings (SSSR count). The van der Waals surface area contributed by atoms with Gasteiger partial charge in [0.05, 0.1) is 33.0 Å². The zero-order valence-electron chi connectivity index (χ0n) is 12.8. The van der Waals surface area contributed by atoms with Crippen molar-refractivity contribution in [1.82, 2.24) is 4.90 Å². The van der Waals surface area contributed by atoms with Crippen LogP contribution in [0.25, 0.3) is 0 Å². The summed E-state index contributed by atoms with van der Waals surface area (Å²) in [6.07, 6.45) is 6.89. The van der Waals surface area contributed by atoms with E-state index in [-0.39, 0.29) is 0 Å².